The average Bonchev–Trinajstić information content (AvgIpc) is 3.26. The number of nitrogens with zero attached hydrogens (tertiary/aromatic N) is 3. The summed E-state index contributed by atoms with van der Waals surface area (Å²) < 4.78 is 2.48. The molecule has 9 heteroatoms. The van der Waals surface area contributed by atoms with Gasteiger partial charge in [0.25, 0.3) is 5.69 Å². The van der Waals surface area contributed by atoms with Crippen LogP contribution in [0.2, 0.25) is 0 Å². The van der Waals surface area contributed by atoms with Crippen molar-refractivity contribution in [2.24, 2.45) is 0 Å². The first-order valence-corrected chi connectivity index (χ1v) is 9.93. The zero-order valence-corrected chi connectivity index (χ0v) is 16.7. The molecule has 2 heterocycles. The van der Waals surface area contributed by atoms with Crippen LogP contribution >= 0.6 is 27.3 Å². The van der Waals surface area contributed by atoms with E-state index in [2.05, 4.69) is 26.2 Å². The van der Waals surface area contributed by atoms with E-state index in [1.54, 1.807) is 6.07 Å². The SMILES string of the molecule is O=C(Cc1csc2nc(-c3ccccc3)cn12)Nc1cc([N+](=O)[O-])ccc1Br. The number of amides is 1. The topological polar surface area (TPSA) is 89.5 Å². The summed E-state index contributed by atoms with van der Waals surface area (Å²) in [6.07, 6.45) is 2.03. The fraction of sp³-hybridized carbons (Fsp3) is 0.0526. The highest BCUT2D eigenvalue weighted by Gasteiger charge is 2.15. The van der Waals surface area contributed by atoms with Crippen molar-refractivity contribution in [1.82, 2.24) is 9.38 Å². The number of benzene rings is 2. The van der Waals surface area contributed by atoms with E-state index in [-0.39, 0.29) is 18.0 Å². The molecule has 0 bridgehead atoms. The van der Waals surface area contributed by atoms with Crippen molar-refractivity contribution in [2.75, 3.05) is 5.32 Å². The number of carbonyl (C=O) groups is 1. The van der Waals surface area contributed by atoms with Crippen molar-refractivity contribution in [3.05, 3.63) is 80.4 Å². The molecule has 4 aromatic rings. The van der Waals surface area contributed by atoms with Gasteiger partial charge in [0.15, 0.2) is 4.96 Å². The van der Waals surface area contributed by atoms with Gasteiger partial charge in [-0.2, -0.15) is 0 Å². The summed E-state index contributed by atoms with van der Waals surface area (Å²) >= 11 is 4.77. The third-order valence-electron chi connectivity index (χ3n) is 4.13. The molecule has 0 atom stereocenters. The van der Waals surface area contributed by atoms with Gasteiger partial charge in [-0.15, -0.1) is 11.3 Å². The normalized spacial score (nSPS) is 10.9. The van der Waals surface area contributed by atoms with Gasteiger partial charge in [-0.05, 0) is 22.0 Å². The Kier molecular flexibility index (Phi) is 4.93. The van der Waals surface area contributed by atoms with E-state index >= 15 is 0 Å². The Balaban J connectivity index is 1.55. The molecule has 0 spiro atoms. The van der Waals surface area contributed by atoms with Crippen LogP contribution in [-0.4, -0.2) is 20.2 Å². The fourth-order valence-electron chi connectivity index (χ4n) is 2.79. The van der Waals surface area contributed by atoms with Crippen LogP contribution in [-0.2, 0) is 11.2 Å². The van der Waals surface area contributed by atoms with Crippen molar-refractivity contribution in [1.29, 1.82) is 0 Å². The predicted molar refractivity (Wildman–Crippen MR) is 112 cm³/mol. The van der Waals surface area contributed by atoms with Gasteiger partial charge in [0.1, 0.15) is 0 Å². The first-order chi connectivity index (χ1) is 13.5. The lowest BCUT2D eigenvalue weighted by atomic mass is 10.2. The summed E-state index contributed by atoms with van der Waals surface area (Å²) in [4.78, 5) is 28.4. The molecule has 0 aliphatic rings. The van der Waals surface area contributed by atoms with Crippen molar-refractivity contribution >= 4 is 49.5 Å². The molecule has 0 saturated carbocycles. The largest absolute Gasteiger partial charge is 0.325 e. The van der Waals surface area contributed by atoms with Gasteiger partial charge in [-0.1, -0.05) is 30.3 Å². The molecule has 1 amide bonds. The summed E-state index contributed by atoms with van der Waals surface area (Å²) in [5, 5.41) is 15.6. The number of fused-ring (bicyclic) bond motifs is 1. The van der Waals surface area contributed by atoms with Gasteiger partial charge in [0.2, 0.25) is 5.91 Å². The van der Waals surface area contributed by atoms with Crippen LogP contribution < -0.4 is 5.32 Å². The van der Waals surface area contributed by atoms with Crippen LogP contribution in [0, 0.1) is 10.1 Å². The smallest absolute Gasteiger partial charge is 0.271 e. The quantitative estimate of drug-likeness (QED) is 0.341. The minimum Gasteiger partial charge on any atom is -0.325 e. The number of nitro groups is 1. The van der Waals surface area contributed by atoms with E-state index in [4.69, 9.17) is 0 Å². The molecular formula is C19H13BrN4O3S. The van der Waals surface area contributed by atoms with Gasteiger partial charge in [0, 0.05) is 39.4 Å². The first-order valence-electron chi connectivity index (χ1n) is 8.26. The number of aromatic nitrogens is 2. The molecular weight excluding hydrogens is 444 g/mol. The van der Waals surface area contributed by atoms with E-state index in [1.165, 1.54) is 23.5 Å². The second-order valence-electron chi connectivity index (χ2n) is 6.02. The Labute approximate surface area is 171 Å². The maximum atomic E-state index is 12.5. The Morgan fingerprint density at radius 2 is 2.04 bits per heavy atom. The molecule has 2 aromatic heterocycles. The number of hydrogen-bond donors (Lipinski definition) is 1. The molecule has 0 aliphatic carbocycles. The van der Waals surface area contributed by atoms with Crippen molar-refractivity contribution in [3.63, 3.8) is 0 Å². The Hall–Kier alpha value is -3.04. The monoisotopic (exact) mass is 456 g/mol. The lowest BCUT2D eigenvalue weighted by Crippen LogP contribution is -2.15. The number of rotatable bonds is 5. The summed E-state index contributed by atoms with van der Waals surface area (Å²) in [6.45, 7) is 0. The number of thiazole rings is 1. The van der Waals surface area contributed by atoms with Crippen LogP contribution in [0.4, 0.5) is 11.4 Å². The minimum atomic E-state index is -0.499. The number of nitro benzene ring substituents is 1. The fourth-order valence-corrected chi connectivity index (χ4v) is 4.00. The highest BCUT2D eigenvalue weighted by molar-refractivity contribution is 9.10. The van der Waals surface area contributed by atoms with Crippen LogP contribution in [0.25, 0.3) is 16.2 Å². The Morgan fingerprint density at radius 1 is 1.25 bits per heavy atom. The number of hydrogen-bond acceptors (Lipinski definition) is 5. The molecule has 140 valence electrons. The molecule has 0 radical (unpaired) electrons. The van der Waals surface area contributed by atoms with Crippen LogP contribution in [0.15, 0.2) is 64.6 Å². The molecule has 0 fully saturated rings. The Bertz CT molecular complexity index is 1190. The second-order valence-corrected chi connectivity index (χ2v) is 7.71. The molecule has 0 unspecified atom stereocenters. The van der Waals surface area contributed by atoms with Gasteiger partial charge in [0.05, 0.1) is 22.7 Å². The van der Waals surface area contributed by atoms with Gasteiger partial charge >= 0.3 is 0 Å². The van der Waals surface area contributed by atoms with E-state index in [1.807, 2.05) is 46.3 Å². The Morgan fingerprint density at radius 3 is 2.79 bits per heavy atom. The maximum absolute atomic E-state index is 12.5. The minimum absolute atomic E-state index is 0.0847. The lowest BCUT2D eigenvalue weighted by Gasteiger charge is -2.07. The van der Waals surface area contributed by atoms with Crippen molar-refractivity contribution in [3.8, 4) is 11.3 Å². The van der Waals surface area contributed by atoms with Crippen LogP contribution in [0.3, 0.4) is 0 Å². The van der Waals surface area contributed by atoms with Crippen LogP contribution in [0.1, 0.15) is 5.69 Å². The molecule has 4 rings (SSSR count). The predicted octanol–water partition coefficient (Wildman–Crippen LogP) is 4.91. The van der Waals surface area contributed by atoms with E-state index in [9.17, 15) is 14.9 Å². The number of halogens is 1. The molecule has 0 saturated heterocycles. The van der Waals surface area contributed by atoms with E-state index in [0.29, 0.717) is 10.2 Å². The highest BCUT2D eigenvalue weighted by atomic mass is 79.9. The van der Waals surface area contributed by atoms with Gasteiger partial charge < -0.3 is 5.32 Å². The van der Waals surface area contributed by atoms with E-state index in [0.717, 1.165) is 21.9 Å². The summed E-state index contributed by atoms with van der Waals surface area (Å²) in [5.74, 6) is -0.268. The van der Waals surface area contributed by atoms with Crippen molar-refractivity contribution in [2.45, 2.75) is 6.42 Å². The first kappa shape index (κ1) is 18.3. The standard InChI is InChI=1S/C19H13BrN4O3S/c20-15-7-6-13(24(26)27)8-16(15)21-18(25)9-14-11-28-19-22-17(10-23(14)19)12-4-2-1-3-5-12/h1-8,10-11H,9H2,(H,21,25). The number of non-ortho nitro benzene ring substituents is 1. The highest BCUT2D eigenvalue weighted by Crippen LogP contribution is 2.28. The summed E-state index contributed by atoms with van der Waals surface area (Å²) in [7, 11) is 0. The molecule has 28 heavy (non-hydrogen) atoms. The lowest BCUT2D eigenvalue weighted by molar-refractivity contribution is -0.384. The number of nitrogens with one attached hydrogen (secondary N) is 1. The summed E-state index contributed by atoms with van der Waals surface area (Å²) in [5.41, 5.74) is 2.93. The third kappa shape index (κ3) is 3.67. The molecule has 7 nitrogen and oxygen atoms in total. The van der Waals surface area contributed by atoms with Crippen molar-refractivity contribution < 1.29 is 9.72 Å². The number of imidazole rings is 1. The van der Waals surface area contributed by atoms with E-state index < -0.39 is 4.92 Å². The van der Waals surface area contributed by atoms with Gasteiger partial charge in [-0.3, -0.25) is 19.3 Å². The number of carbonyl (C=O) groups excluding carboxylic acids is 1. The molecule has 0 aliphatic heterocycles. The average molecular weight is 457 g/mol. The third-order valence-corrected chi connectivity index (χ3v) is 5.71. The number of anilines is 1. The van der Waals surface area contributed by atoms with Gasteiger partial charge in [-0.25, -0.2) is 4.98 Å². The zero-order chi connectivity index (χ0) is 19.7. The maximum Gasteiger partial charge on any atom is 0.271 e. The molecule has 2 aromatic carbocycles. The zero-order valence-electron chi connectivity index (χ0n) is 14.3. The summed E-state index contributed by atoms with van der Waals surface area (Å²) in [6, 6.07) is 14.1. The second kappa shape index (κ2) is 7.53. The molecule has 1 N–H and O–H groups in total. The van der Waals surface area contributed by atoms with Crippen LogP contribution in [0.5, 0.6) is 0 Å².